The smallest absolute Gasteiger partial charge is 0.292 e. The molecule has 0 aliphatic carbocycles. The minimum Gasteiger partial charge on any atom is -0.292 e. The molecule has 0 amide bonds. The van der Waals surface area contributed by atoms with Crippen molar-refractivity contribution in [2.24, 2.45) is 0 Å². The maximum absolute atomic E-state index is 12.7. The van der Waals surface area contributed by atoms with E-state index >= 15 is 0 Å². The summed E-state index contributed by atoms with van der Waals surface area (Å²) in [5.74, 6) is -1.08. The number of Topliss-reactive ketones (excluding diaryl/α,β-unsaturated/α-hetero) is 1. The third kappa shape index (κ3) is 3.08. The van der Waals surface area contributed by atoms with E-state index < -0.39 is 40.0 Å². The van der Waals surface area contributed by atoms with Gasteiger partial charge in [-0.2, -0.15) is 0 Å². The number of rotatable bonds is 4. The van der Waals surface area contributed by atoms with Crippen molar-refractivity contribution in [3.05, 3.63) is 72.8 Å². The van der Waals surface area contributed by atoms with Crippen LogP contribution in [0.3, 0.4) is 0 Å². The molecule has 0 unspecified atom stereocenters. The number of nitrogens with zero attached hydrogens (tertiary/aromatic N) is 2. The number of halogens is 1. The molecule has 2 aromatic rings. The number of carbonyl (C=O) groups excluding carboxylic acids is 1. The minimum atomic E-state index is -1.14. The van der Waals surface area contributed by atoms with Gasteiger partial charge in [-0.05, 0) is 24.3 Å². The van der Waals surface area contributed by atoms with Crippen molar-refractivity contribution in [3.8, 4) is 0 Å². The molecule has 0 fully saturated rings. The van der Waals surface area contributed by atoms with E-state index in [4.69, 9.17) is 0 Å². The molecular formula is C12H8FN3O5. The van der Waals surface area contributed by atoms with Crippen LogP contribution in [-0.4, -0.2) is 20.3 Å². The maximum atomic E-state index is 12.7. The van der Waals surface area contributed by atoms with Crippen molar-refractivity contribution >= 4 is 11.5 Å². The Balaban J connectivity index is 2.35. The number of nitrogens with one attached hydrogen (secondary N) is 1. The Morgan fingerprint density at radius 2 is 1.90 bits per heavy atom. The van der Waals surface area contributed by atoms with E-state index in [1.54, 1.807) is 4.98 Å². The third-order valence-corrected chi connectivity index (χ3v) is 2.67. The second kappa shape index (κ2) is 5.49. The molecule has 108 valence electrons. The highest BCUT2D eigenvalue weighted by atomic mass is 19.1. The second-order valence-corrected chi connectivity index (χ2v) is 4.09. The largest absolute Gasteiger partial charge is 0.350 e. The van der Waals surface area contributed by atoms with Gasteiger partial charge in [0.1, 0.15) is 5.82 Å². The molecule has 1 aromatic heterocycles. The predicted octanol–water partition coefficient (Wildman–Crippen LogP) is 0.467. The number of carbonyl (C=O) groups is 1. The van der Waals surface area contributed by atoms with Crippen molar-refractivity contribution in [2.75, 3.05) is 0 Å². The van der Waals surface area contributed by atoms with Gasteiger partial charge in [0.05, 0.1) is 17.7 Å². The first-order valence-electron chi connectivity index (χ1n) is 5.65. The number of nitro groups is 1. The number of aromatic amines is 1. The minimum absolute atomic E-state index is 0.136. The summed E-state index contributed by atoms with van der Waals surface area (Å²) in [4.78, 5) is 46.0. The number of aromatic nitrogens is 2. The molecule has 0 aliphatic heterocycles. The lowest BCUT2D eigenvalue weighted by molar-refractivity contribution is -0.386. The summed E-state index contributed by atoms with van der Waals surface area (Å²) < 4.78 is 13.5. The molecule has 0 radical (unpaired) electrons. The van der Waals surface area contributed by atoms with Crippen molar-refractivity contribution < 1.29 is 14.1 Å². The van der Waals surface area contributed by atoms with Gasteiger partial charge >= 0.3 is 16.9 Å². The summed E-state index contributed by atoms with van der Waals surface area (Å²) in [5, 5.41) is 10.6. The van der Waals surface area contributed by atoms with Crippen LogP contribution in [0.25, 0.3) is 0 Å². The summed E-state index contributed by atoms with van der Waals surface area (Å²) >= 11 is 0. The molecule has 0 saturated carbocycles. The summed E-state index contributed by atoms with van der Waals surface area (Å²) in [6.07, 6.45) is 0.697. The normalized spacial score (nSPS) is 10.3. The Hall–Kier alpha value is -3.10. The van der Waals surface area contributed by atoms with Gasteiger partial charge in [-0.1, -0.05) is 0 Å². The summed E-state index contributed by atoms with van der Waals surface area (Å²) in [5.41, 5.74) is -2.80. The molecule has 2 rings (SSSR count). The van der Waals surface area contributed by atoms with Crippen molar-refractivity contribution in [3.63, 3.8) is 0 Å². The number of hydrogen-bond acceptors (Lipinski definition) is 5. The number of ketones is 1. The average Bonchev–Trinajstić information content (AvgIpc) is 2.42. The average molecular weight is 293 g/mol. The molecule has 1 N–H and O–H groups in total. The highest BCUT2D eigenvalue weighted by Crippen LogP contribution is 2.05. The fraction of sp³-hybridized carbons (Fsp3) is 0.0833. The fourth-order valence-electron chi connectivity index (χ4n) is 1.63. The topological polar surface area (TPSA) is 115 Å². The van der Waals surface area contributed by atoms with E-state index in [2.05, 4.69) is 0 Å². The van der Waals surface area contributed by atoms with Crippen LogP contribution in [0.1, 0.15) is 10.4 Å². The quantitative estimate of drug-likeness (QED) is 0.499. The summed E-state index contributed by atoms with van der Waals surface area (Å²) in [7, 11) is 0. The highest BCUT2D eigenvalue weighted by Gasteiger charge is 2.16. The predicted molar refractivity (Wildman–Crippen MR) is 68.7 cm³/mol. The molecule has 1 heterocycles. The monoisotopic (exact) mass is 293 g/mol. The first kappa shape index (κ1) is 14.3. The van der Waals surface area contributed by atoms with E-state index in [-0.39, 0.29) is 5.56 Å². The molecule has 8 nitrogen and oxygen atoms in total. The zero-order valence-electron chi connectivity index (χ0n) is 10.4. The third-order valence-electron chi connectivity index (χ3n) is 2.67. The first-order valence-corrected chi connectivity index (χ1v) is 5.65. The Kier molecular flexibility index (Phi) is 3.74. The fourth-order valence-corrected chi connectivity index (χ4v) is 1.63. The molecule has 0 spiro atoms. The lowest BCUT2D eigenvalue weighted by Crippen LogP contribution is -2.32. The van der Waals surface area contributed by atoms with Crippen LogP contribution >= 0.6 is 0 Å². The van der Waals surface area contributed by atoms with Crippen molar-refractivity contribution in [2.45, 2.75) is 6.54 Å². The second-order valence-electron chi connectivity index (χ2n) is 4.09. The van der Waals surface area contributed by atoms with Crippen LogP contribution in [0, 0.1) is 15.9 Å². The van der Waals surface area contributed by atoms with Crippen LogP contribution < -0.4 is 11.2 Å². The van der Waals surface area contributed by atoms with E-state index in [9.17, 15) is 28.9 Å². The van der Waals surface area contributed by atoms with Gasteiger partial charge in [0.25, 0.3) is 0 Å². The molecule has 0 saturated heterocycles. The van der Waals surface area contributed by atoms with Crippen molar-refractivity contribution in [1.29, 1.82) is 0 Å². The highest BCUT2D eigenvalue weighted by molar-refractivity contribution is 5.95. The Labute approximate surface area is 115 Å². The van der Waals surface area contributed by atoms with Gasteiger partial charge in [0, 0.05) is 5.56 Å². The molecule has 1 aromatic carbocycles. The van der Waals surface area contributed by atoms with E-state index in [1.807, 2.05) is 0 Å². The van der Waals surface area contributed by atoms with Gasteiger partial charge in [-0.15, -0.1) is 0 Å². The molecular weight excluding hydrogens is 285 g/mol. The molecule has 0 aliphatic rings. The van der Waals surface area contributed by atoms with Gasteiger partial charge in [0.15, 0.2) is 5.78 Å². The van der Waals surface area contributed by atoms with Crippen LogP contribution in [-0.2, 0) is 6.54 Å². The number of H-pyrrole nitrogens is 1. The van der Waals surface area contributed by atoms with Gasteiger partial charge in [-0.25, -0.2) is 9.18 Å². The standard InChI is InChI=1S/C12H8FN3O5/c13-8-3-1-7(2-4-8)10(17)6-15-5-9(16(20)21)11(18)14-12(15)19/h1-5H,6H2,(H,14,18,19). The van der Waals surface area contributed by atoms with Crippen LogP contribution in [0.5, 0.6) is 0 Å². The zero-order valence-corrected chi connectivity index (χ0v) is 10.4. The van der Waals surface area contributed by atoms with Crippen molar-refractivity contribution in [1.82, 2.24) is 9.55 Å². The Morgan fingerprint density at radius 1 is 1.29 bits per heavy atom. The van der Waals surface area contributed by atoms with Crippen LogP contribution in [0.2, 0.25) is 0 Å². The van der Waals surface area contributed by atoms with Gasteiger partial charge < -0.3 is 0 Å². The molecule has 0 bridgehead atoms. The van der Waals surface area contributed by atoms with E-state index in [1.165, 1.54) is 12.1 Å². The van der Waals surface area contributed by atoms with E-state index in [0.29, 0.717) is 10.8 Å². The van der Waals surface area contributed by atoms with Gasteiger partial charge in [-0.3, -0.25) is 29.3 Å². The van der Waals surface area contributed by atoms with Crippen LogP contribution in [0.4, 0.5) is 10.1 Å². The molecule has 0 atom stereocenters. The number of benzene rings is 1. The Morgan fingerprint density at radius 3 is 2.48 bits per heavy atom. The zero-order chi connectivity index (χ0) is 15.6. The molecule has 21 heavy (non-hydrogen) atoms. The lowest BCUT2D eigenvalue weighted by atomic mass is 10.1. The van der Waals surface area contributed by atoms with E-state index in [0.717, 1.165) is 12.1 Å². The van der Waals surface area contributed by atoms with Crippen LogP contribution in [0.15, 0.2) is 40.1 Å². The SMILES string of the molecule is O=C(Cn1cc([N+](=O)[O-])c(=O)[nH]c1=O)c1ccc(F)cc1. The van der Waals surface area contributed by atoms with Gasteiger partial charge in [0.2, 0.25) is 0 Å². The lowest BCUT2D eigenvalue weighted by Gasteiger charge is -2.04. The summed E-state index contributed by atoms with van der Waals surface area (Å²) in [6, 6.07) is 4.60. The summed E-state index contributed by atoms with van der Waals surface area (Å²) in [6.45, 7) is -0.512. The Bertz CT molecular complexity index is 822. The first-order chi connectivity index (χ1) is 9.88. The maximum Gasteiger partial charge on any atom is 0.350 e. The molecule has 9 heteroatoms. The number of hydrogen-bond donors (Lipinski definition) is 1.